The fourth-order valence-electron chi connectivity index (χ4n) is 3.00. The monoisotopic (exact) mass is 397 g/mol. The summed E-state index contributed by atoms with van der Waals surface area (Å²) in [5.74, 6) is 0.272. The van der Waals surface area contributed by atoms with E-state index < -0.39 is 0 Å². The third-order valence-electron chi connectivity index (χ3n) is 4.37. The molecule has 5 nitrogen and oxygen atoms in total. The van der Waals surface area contributed by atoms with Gasteiger partial charge in [0.1, 0.15) is 17.5 Å². The van der Waals surface area contributed by atoms with Crippen LogP contribution in [-0.2, 0) is 0 Å². The summed E-state index contributed by atoms with van der Waals surface area (Å²) in [5, 5.41) is 10.4. The molecule has 0 amide bonds. The molecule has 0 saturated carbocycles. The number of nitriles is 1. The van der Waals surface area contributed by atoms with Gasteiger partial charge < -0.3 is 5.73 Å². The summed E-state index contributed by atoms with van der Waals surface area (Å²) >= 11 is 6.02. The Bertz CT molecular complexity index is 1260. The van der Waals surface area contributed by atoms with E-state index >= 15 is 0 Å². The molecule has 4 aromatic rings. The van der Waals surface area contributed by atoms with E-state index in [0.29, 0.717) is 16.3 Å². The van der Waals surface area contributed by atoms with E-state index in [1.54, 1.807) is 16.7 Å². The Labute approximate surface area is 173 Å². The molecule has 0 aliphatic carbocycles. The second-order valence-electron chi connectivity index (χ2n) is 6.26. The number of nitrogens with zero attached hydrogens (tertiary/aromatic N) is 4. The predicted molar refractivity (Wildman–Crippen MR) is 115 cm³/mol. The largest absolute Gasteiger partial charge is 0.384 e. The summed E-state index contributed by atoms with van der Waals surface area (Å²) in [6.07, 6.45) is 0. The van der Waals surface area contributed by atoms with Crippen LogP contribution in [0.5, 0.6) is 0 Å². The second-order valence-corrected chi connectivity index (χ2v) is 6.69. The number of benzene rings is 3. The average Bonchev–Trinajstić information content (AvgIpc) is 2.75. The first-order valence-corrected chi connectivity index (χ1v) is 9.29. The van der Waals surface area contributed by atoms with Gasteiger partial charge in [0, 0.05) is 10.6 Å². The van der Waals surface area contributed by atoms with Crippen molar-refractivity contribution in [1.82, 2.24) is 9.55 Å². The van der Waals surface area contributed by atoms with Gasteiger partial charge in [0.05, 0.1) is 17.1 Å². The number of hydrogen-bond acceptors (Lipinski definition) is 4. The van der Waals surface area contributed by atoms with Gasteiger partial charge in [0.25, 0.3) is 0 Å². The predicted octanol–water partition coefficient (Wildman–Crippen LogP) is 4.88. The zero-order chi connectivity index (χ0) is 20.2. The molecule has 2 N–H and O–H groups in total. The van der Waals surface area contributed by atoms with Gasteiger partial charge in [-0.05, 0) is 36.4 Å². The van der Waals surface area contributed by atoms with Crippen molar-refractivity contribution >= 4 is 23.1 Å². The first-order chi connectivity index (χ1) is 14.2. The zero-order valence-electron chi connectivity index (χ0n) is 15.3. The van der Waals surface area contributed by atoms with Crippen LogP contribution in [0.25, 0.3) is 16.9 Å². The molecule has 140 valence electrons. The minimum atomic E-state index is 0.272. The van der Waals surface area contributed by atoms with E-state index in [2.05, 4.69) is 6.07 Å². The quantitative estimate of drug-likeness (QED) is 0.535. The number of rotatable bonds is 3. The van der Waals surface area contributed by atoms with Crippen molar-refractivity contribution in [3.05, 3.63) is 101 Å². The van der Waals surface area contributed by atoms with Gasteiger partial charge >= 0.3 is 0 Å². The highest BCUT2D eigenvalue weighted by molar-refractivity contribution is 6.30. The normalized spacial score (nSPS) is 11.2. The second kappa shape index (κ2) is 8.01. The molecule has 0 radical (unpaired) electrons. The minimum Gasteiger partial charge on any atom is -0.384 e. The first-order valence-electron chi connectivity index (χ1n) is 8.91. The Balaban J connectivity index is 2.07. The number of halogens is 1. The highest BCUT2D eigenvalue weighted by Gasteiger charge is 2.17. The molecule has 0 aliphatic heterocycles. The van der Waals surface area contributed by atoms with Gasteiger partial charge in [-0.15, -0.1) is 0 Å². The van der Waals surface area contributed by atoms with E-state index in [9.17, 15) is 5.26 Å². The summed E-state index contributed by atoms with van der Waals surface area (Å²) < 4.78 is 1.69. The number of hydrogen-bond donors (Lipinski definition) is 1. The Hall–Kier alpha value is -3.88. The zero-order valence-corrected chi connectivity index (χ0v) is 16.1. The van der Waals surface area contributed by atoms with Crippen LogP contribution in [0, 0.1) is 11.3 Å². The van der Waals surface area contributed by atoms with Gasteiger partial charge in [-0.3, -0.25) is 4.57 Å². The summed E-state index contributed by atoms with van der Waals surface area (Å²) in [6, 6.07) is 28.3. The van der Waals surface area contributed by atoms with Crippen LogP contribution in [0.1, 0.15) is 5.56 Å². The molecular formula is C23H16ClN5. The van der Waals surface area contributed by atoms with Gasteiger partial charge in [-0.2, -0.15) is 5.26 Å². The van der Waals surface area contributed by atoms with Gasteiger partial charge in [-0.1, -0.05) is 60.1 Å². The third-order valence-corrected chi connectivity index (χ3v) is 4.63. The Morgan fingerprint density at radius 1 is 0.897 bits per heavy atom. The molecule has 6 heteroatoms. The van der Waals surface area contributed by atoms with Crippen LogP contribution in [0.2, 0.25) is 5.02 Å². The number of nitrogens with two attached hydrogens (primary N) is 1. The van der Waals surface area contributed by atoms with Crippen LogP contribution in [0.4, 0.5) is 11.5 Å². The molecule has 0 spiro atoms. The highest BCUT2D eigenvalue weighted by Crippen LogP contribution is 2.26. The van der Waals surface area contributed by atoms with Crippen molar-refractivity contribution in [2.45, 2.75) is 0 Å². The summed E-state index contributed by atoms with van der Waals surface area (Å²) in [6.45, 7) is 0. The molecule has 0 atom stereocenters. The SMILES string of the molecule is N#Cc1c(-c2ccc(Cl)cc2)nc(=Nc2ccccc2)n(-c2ccccc2)c1N. The van der Waals surface area contributed by atoms with Crippen molar-refractivity contribution in [2.75, 3.05) is 5.73 Å². The van der Waals surface area contributed by atoms with Crippen LogP contribution in [0.15, 0.2) is 89.9 Å². The molecular weight excluding hydrogens is 382 g/mol. The molecule has 0 saturated heterocycles. The molecule has 29 heavy (non-hydrogen) atoms. The van der Waals surface area contributed by atoms with Gasteiger partial charge in [-0.25, -0.2) is 9.98 Å². The Morgan fingerprint density at radius 3 is 2.14 bits per heavy atom. The molecule has 1 aromatic heterocycles. The molecule has 4 rings (SSSR count). The van der Waals surface area contributed by atoms with Crippen LogP contribution in [-0.4, -0.2) is 9.55 Å². The Morgan fingerprint density at radius 2 is 1.52 bits per heavy atom. The lowest BCUT2D eigenvalue weighted by Crippen LogP contribution is -2.27. The van der Waals surface area contributed by atoms with E-state index in [4.69, 9.17) is 27.3 Å². The standard InChI is InChI=1S/C23H16ClN5/c24-17-13-11-16(12-14-17)21-20(15-25)22(26)29(19-9-5-2-6-10-19)23(28-21)27-18-7-3-1-4-8-18/h1-14H,26H2. The van der Waals surface area contributed by atoms with Crippen molar-refractivity contribution in [1.29, 1.82) is 5.26 Å². The summed E-state index contributed by atoms with van der Waals surface area (Å²) in [4.78, 5) is 9.42. The number of aromatic nitrogens is 2. The van der Waals surface area contributed by atoms with E-state index in [-0.39, 0.29) is 11.4 Å². The van der Waals surface area contributed by atoms with Crippen molar-refractivity contribution in [3.8, 4) is 23.0 Å². The van der Waals surface area contributed by atoms with Crippen molar-refractivity contribution in [2.24, 2.45) is 4.99 Å². The third kappa shape index (κ3) is 3.75. The number of anilines is 1. The molecule has 1 heterocycles. The molecule has 0 fully saturated rings. The van der Waals surface area contributed by atoms with Gasteiger partial charge in [0.2, 0.25) is 5.62 Å². The Kier molecular flexibility index (Phi) is 5.10. The fourth-order valence-corrected chi connectivity index (χ4v) is 3.12. The topological polar surface area (TPSA) is 80.0 Å². The molecule has 0 unspecified atom stereocenters. The van der Waals surface area contributed by atoms with E-state index in [0.717, 1.165) is 16.9 Å². The fraction of sp³-hybridized carbons (Fsp3) is 0. The highest BCUT2D eigenvalue weighted by atomic mass is 35.5. The maximum Gasteiger partial charge on any atom is 0.236 e. The van der Waals surface area contributed by atoms with Crippen LogP contribution in [0.3, 0.4) is 0 Å². The van der Waals surface area contributed by atoms with E-state index in [1.165, 1.54) is 0 Å². The van der Waals surface area contributed by atoms with Gasteiger partial charge in [0.15, 0.2) is 0 Å². The summed E-state index contributed by atoms with van der Waals surface area (Å²) in [5.41, 5.74) is 9.82. The lowest BCUT2D eigenvalue weighted by molar-refractivity contribution is 0.885. The maximum absolute atomic E-state index is 9.83. The first kappa shape index (κ1) is 18.5. The van der Waals surface area contributed by atoms with Crippen LogP contribution < -0.4 is 11.4 Å². The number of para-hydroxylation sites is 2. The minimum absolute atomic E-state index is 0.272. The van der Waals surface area contributed by atoms with Crippen molar-refractivity contribution in [3.63, 3.8) is 0 Å². The van der Waals surface area contributed by atoms with E-state index in [1.807, 2.05) is 72.8 Å². The number of nitrogen functional groups attached to an aromatic ring is 1. The van der Waals surface area contributed by atoms with Crippen molar-refractivity contribution < 1.29 is 0 Å². The lowest BCUT2D eigenvalue weighted by Gasteiger charge is -2.15. The average molecular weight is 398 g/mol. The van der Waals surface area contributed by atoms with Crippen LogP contribution >= 0.6 is 11.6 Å². The molecule has 0 aliphatic rings. The maximum atomic E-state index is 9.83. The summed E-state index contributed by atoms with van der Waals surface area (Å²) in [7, 11) is 0. The molecule has 0 bridgehead atoms. The smallest absolute Gasteiger partial charge is 0.236 e. The lowest BCUT2D eigenvalue weighted by atomic mass is 10.1. The molecule has 3 aromatic carbocycles.